The van der Waals surface area contributed by atoms with Crippen LogP contribution in [0.25, 0.3) is 0 Å². The van der Waals surface area contributed by atoms with Crippen LogP contribution in [-0.2, 0) is 4.74 Å². The van der Waals surface area contributed by atoms with Crippen molar-refractivity contribution < 1.29 is 4.74 Å². The molecule has 96 valence electrons. The van der Waals surface area contributed by atoms with Gasteiger partial charge in [-0.2, -0.15) is 5.26 Å². The molecule has 1 fully saturated rings. The van der Waals surface area contributed by atoms with Crippen LogP contribution in [-0.4, -0.2) is 44.3 Å². The van der Waals surface area contributed by atoms with E-state index in [0.717, 1.165) is 45.1 Å². The first-order valence-corrected chi connectivity index (χ1v) is 6.14. The van der Waals surface area contributed by atoms with Crippen molar-refractivity contribution >= 4 is 11.4 Å². The molecule has 3 N–H and O–H groups in total. The highest BCUT2D eigenvalue weighted by molar-refractivity contribution is 5.72. The highest BCUT2D eigenvalue weighted by atomic mass is 16.5. The zero-order valence-electron chi connectivity index (χ0n) is 10.4. The van der Waals surface area contributed by atoms with Crippen LogP contribution < -0.4 is 11.1 Å². The molecular weight excluding hydrogens is 228 g/mol. The minimum absolute atomic E-state index is 0.520. The van der Waals surface area contributed by atoms with Crippen molar-refractivity contribution in [3.63, 3.8) is 0 Å². The monoisotopic (exact) mass is 246 g/mol. The van der Waals surface area contributed by atoms with E-state index in [4.69, 9.17) is 15.7 Å². The van der Waals surface area contributed by atoms with Crippen LogP contribution in [0, 0.1) is 11.3 Å². The van der Waals surface area contributed by atoms with Gasteiger partial charge in [-0.1, -0.05) is 6.07 Å². The van der Waals surface area contributed by atoms with Gasteiger partial charge in [-0.25, -0.2) is 0 Å². The van der Waals surface area contributed by atoms with Gasteiger partial charge in [0, 0.05) is 26.2 Å². The third kappa shape index (κ3) is 3.13. The number of nitriles is 1. The lowest BCUT2D eigenvalue weighted by atomic mass is 10.1. The van der Waals surface area contributed by atoms with Gasteiger partial charge < -0.3 is 15.8 Å². The van der Waals surface area contributed by atoms with E-state index in [9.17, 15) is 0 Å². The smallest absolute Gasteiger partial charge is 0.101 e. The van der Waals surface area contributed by atoms with Crippen LogP contribution in [0.3, 0.4) is 0 Å². The summed E-state index contributed by atoms with van der Waals surface area (Å²) >= 11 is 0. The molecule has 1 aliphatic rings. The summed E-state index contributed by atoms with van der Waals surface area (Å²) in [6.45, 7) is 5.36. The molecule has 0 aliphatic carbocycles. The van der Waals surface area contributed by atoms with E-state index in [0.29, 0.717) is 11.3 Å². The second kappa shape index (κ2) is 6.24. The standard InChI is InChI=1S/C13H18N4O/c14-10-11-2-1-3-12(13(11)15)16-4-5-17-6-8-18-9-7-17/h1-3,16H,4-9,15H2. The third-order valence-electron chi connectivity index (χ3n) is 3.07. The van der Waals surface area contributed by atoms with Gasteiger partial charge in [-0.15, -0.1) is 0 Å². The fourth-order valence-electron chi connectivity index (χ4n) is 1.99. The Hall–Kier alpha value is -1.77. The van der Waals surface area contributed by atoms with E-state index >= 15 is 0 Å². The molecule has 0 amide bonds. The molecule has 1 aromatic rings. The molecule has 0 spiro atoms. The molecular formula is C13H18N4O. The Morgan fingerprint density at radius 2 is 2.17 bits per heavy atom. The molecule has 1 saturated heterocycles. The molecule has 0 atom stereocenters. The number of hydrogen-bond donors (Lipinski definition) is 2. The highest BCUT2D eigenvalue weighted by Crippen LogP contribution is 2.21. The average molecular weight is 246 g/mol. The van der Waals surface area contributed by atoms with Gasteiger partial charge in [-0.05, 0) is 12.1 Å². The van der Waals surface area contributed by atoms with Gasteiger partial charge in [0.25, 0.3) is 0 Å². The van der Waals surface area contributed by atoms with Crippen molar-refractivity contribution in [1.29, 1.82) is 5.26 Å². The summed E-state index contributed by atoms with van der Waals surface area (Å²) in [5.41, 5.74) is 7.78. The number of nitrogens with one attached hydrogen (secondary N) is 1. The maximum atomic E-state index is 8.89. The van der Waals surface area contributed by atoms with Gasteiger partial charge in [0.15, 0.2) is 0 Å². The van der Waals surface area contributed by atoms with Gasteiger partial charge in [0.2, 0.25) is 0 Å². The fourth-order valence-corrected chi connectivity index (χ4v) is 1.99. The summed E-state index contributed by atoms with van der Waals surface area (Å²) in [5, 5.41) is 12.2. The summed E-state index contributed by atoms with van der Waals surface area (Å²) < 4.78 is 5.30. The Kier molecular flexibility index (Phi) is 4.40. The van der Waals surface area contributed by atoms with E-state index in [1.807, 2.05) is 12.1 Å². The van der Waals surface area contributed by atoms with Crippen molar-refractivity contribution in [2.24, 2.45) is 0 Å². The zero-order chi connectivity index (χ0) is 12.8. The number of para-hydroxylation sites is 1. The molecule has 2 rings (SSSR count). The Morgan fingerprint density at radius 3 is 2.89 bits per heavy atom. The molecule has 1 aromatic carbocycles. The maximum Gasteiger partial charge on any atom is 0.101 e. The van der Waals surface area contributed by atoms with Gasteiger partial charge in [0.1, 0.15) is 6.07 Å². The number of ether oxygens (including phenoxy) is 1. The summed E-state index contributed by atoms with van der Waals surface area (Å²) in [4.78, 5) is 2.35. The van der Waals surface area contributed by atoms with Crippen LogP contribution in [0.4, 0.5) is 11.4 Å². The first-order chi connectivity index (χ1) is 8.81. The largest absolute Gasteiger partial charge is 0.396 e. The molecule has 1 heterocycles. The Morgan fingerprint density at radius 1 is 1.39 bits per heavy atom. The SMILES string of the molecule is N#Cc1cccc(NCCN2CCOCC2)c1N. The second-order valence-corrected chi connectivity index (χ2v) is 4.26. The minimum Gasteiger partial charge on any atom is -0.396 e. The first-order valence-electron chi connectivity index (χ1n) is 6.14. The van der Waals surface area contributed by atoms with Crippen molar-refractivity contribution in [3.8, 4) is 6.07 Å². The summed E-state index contributed by atoms with van der Waals surface area (Å²) in [7, 11) is 0. The fraction of sp³-hybridized carbons (Fsp3) is 0.462. The first kappa shape index (κ1) is 12.7. The molecule has 0 aromatic heterocycles. The van der Waals surface area contributed by atoms with Gasteiger partial charge in [-0.3, -0.25) is 4.90 Å². The third-order valence-corrected chi connectivity index (χ3v) is 3.07. The molecule has 5 nitrogen and oxygen atoms in total. The number of morpholine rings is 1. The molecule has 18 heavy (non-hydrogen) atoms. The predicted molar refractivity (Wildman–Crippen MR) is 71.3 cm³/mol. The number of anilines is 2. The van der Waals surface area contributed by atoms with E-state index in [-0.39, 0.29) is 0 Å². The molecule has 1 aliphatic heterocycles. The average Bonchev–Trinajstić information content (AvgIpc) is 2.42. The Balaban J connectivity index is 1.84. The van der Waals surface area contributed by atoms with E-state index in [1.165, 1.54) is 0 Å². The summed E-state index contributed by atoms with van der Waals surface area (Å²) in [6, 6.07) is 7.55. The van der Waals surface area contributed by atoms with Crippen molar-refractivity contribution in [2.75, 3.05) is 50.4 Å². The summed E-state index contributed by atoms with van der Waals surface area (Å²) in [6.07, 6.45) is 0. The number of benzene rings is 1. The lowest BCUT2D eigenvalue weighted by Crippen LogP contribution is -2.39. The predicted octanol–water partition coefficient (Wildman–Crippen LogP) is 0.885. The molecule has 0 radical (unpaired) electrons. The van der Waals surface area contributed by atoms with Crippen molar-refractivity contribution in [1.82, 2.24) is 4.90 Å². The van der Waals surface area contributed by atoms with Crippen molar-refractivity contribution in [2.45, 2.75) is 0 Å². The quantitative estimate of drug-likeness (QED) is 0.772. The van der Waals surface area contributed by atoms with E-state index in [1.54, 1.807) is 6.07 Å². The van der Waals surface area contributed by atoms with Crippen LogP contribution in [0.15, 0.2) is 18.2 Å². The highest BCUT2D eigenvalue weighted by Gasteiger charge is 2.10. The topological polar surface area (TPSA) is 74.3 Å². The number of rotatable bonds is 4. The van der Waals surface area contributed by atoms with Crippen molar-refractivity contribution in [3.05, 3.63) is 23.8 Å². The van der Waals surface area contributed by atoms with Gasteiger partial charge in [0.05, 0.1) is 30.2 Å². The Labute approximate surface area is 107 Å². The summed E-state index contributed by atoms with van der Waals surface area (Å²) in [5.74, 6) is 0. The number of nitrogens with two attached hydrogens (primary N) is 1. The van der Waals surface area contributed by atoms with Crippen LogP contribution in [0.1, 0.15) is 5.56 Å². The lowest BCUT2D eigenvalue weighted by molar-refractivity contribution is 0.0398. The Bertz CT molecular complexity index is 435. The molecule has 0 saturated carbocycles. The number of hydrogen-bond acceptors (Lipinski definition) is 5. The number of nitrogens with zero attached hydrogens (tertiary/aromatic N) is 2. The van der Waals surface area contributed by atoms with E-state index < -0.39 is 0 Å². The molecule has 5 heteroatoms. The zero-order valence-corrected chi connectivity index (χ0v) is 10.4. The van der Waals surface area contributed by atoms with Crippen LogP contribution >= 0.6 is 0 Å². The van der Waals surface area contributed by atoms with Gasteiger partial charge >= 0.3 is 0 Å². The molecule has 0 bridgehead atoms. The van der Waals surface area contributed by atoms with Crippen LogP contribution in [0.2, 0.25) is 0 Å². The normalized spacial score (nSPS) is 16.2. The molecule has 0 unspecified atom stereocenters. The number of nitrogen functional groups attached to an aromatic ring is 1. The van der Waals surface area contributed by atoms with Crippen LogP contribution in [0.5, 0.6) is 0 Å². The maximum absolute atomic E-state index is 8.89. The lowest BCUT2D eigenvalue weighted by Gasteiger charge is -2.26. The van der Waals surface area contributed by atoms with E-state index in [2.05, 4.69) is 16.3 Å². The minimum atomic E-state index is 0.520. The second-order valence-electron chi connectivity index (χ2n) is 4.26.